The summed E-state index contributed by atoms with van der Waals surface area (Å²) in [6.07, 6.45) is -0.556. The summed E-state index contributed by atoms with van der Waals surface area (Å²) in [5.74, 6) is -1.28. The van der Waals surface area contributed by atoms with Crippen molar-refractivity contribution in [1.29, 1.82) is 0 Å². The van der Waals surface area contributed by atoms with E-state index in [1.807, 2.05) is 0 Å². The molecular formula is C12H24N2O6. The monoisotopic (exact) mass is 292 g/mol. The van der Waals surface area contributed by atoms with Gasteiger partial charge in [0.2, 0.25) is 0 Å². The van der Waals surface area contributed by atoms with Crippen molar-refractivity contribution in [3.05, 3.63) is 0 Å². The number of rotatable bonds is 10. The van der Waals surface area contributed by atoms with Crippen LogP contribution in [-0.4, -0.2) is 79.8 Å². The minimum absolute atomic E-state index is 0.332. The molecule has 0 saturated carbocycles. The molecule has 0 aliphatic carbocycles. The number of ether oxygens (including phenoxy) is 2. The number of methoxy groups -OCH3 is 2. The quantitative estimate of drug-likeness (QED) is 0.469. The minimum atomic E-state index is -1.34. The highest BCUT2D eigenvalue weighted by atomic mass is 16.5. The second-order valence-corrected chi connectivity index (χ2v) is 4.33. The van der Waals surface area contributed by atoms with E-state index in [0.29, 0.717) is 32.7 Å². The molecule has 3 N–H and O–H groups in total. The molecule has 8 heteroatoms. The predicted octanol–water partition coefficient (Wildman–Crippen LogP) is -0.485. The number of aliphatic hydroxyl groups excluding tert-OH is 1. The molecule has 8 nitrogen and oxygen atoms in total. The number of hydrogen-bond acceptors (Lipinski definition) is 5. The highest BCUT2D eigenvalue weighted by Crippen LogP contribution is 1.99. The number of amides is 2. The zero-order chi connectivity index (χ0) is 15.5. The van der Waals surface area contributed by atoms with Gasteiger partial charge in [0.15, 0.2) is 6.04 Å². The van der Waals surface area contributed by atoms with Crippen LogP contribution in [0.2, 0.25) is 0 Å². The summed E-state index contributed by atoms with van der Waals surface area (Å²) in [6.45, 7) is 2.89. The zero-order valence-electron chi connectivity index (χ0n) is 12.2. The third kappa shape index (κ3) is 7.27. The molecule has 2 amide bonds. The average molecular weight is 292 g/mol. The molecule has 0 aliphatic rings. The highest BCUT2D eigenvalue weighted by Gasteiger charge is 2.26. The van der Waals surface area contributed by atoms with Gasteiger partial charge in [-0.2, -0.15) is 0 Å². The summed E-state index contributed by atoms with van der Waals surface area (Å²) in [4.78, 5) is 24.4. The molecular weight excluding hydrogens is 268 g/mol. The Morgan fingerprint density at radius 1 is 1.20 bits per heavy atom. The lowest BCUT2D eigenvalue weighted by Crippen LogP contribution is -2.53. The molecule has 0 bridgehead atoms. The average Bonchev–Trinajstić information content (AvgIpc) is 2.38. The first-order valence-electron chi connectivity index (χ1n) is 6.38. The summed E-state index contributed by atoms with van der Waals surface area (Å²) in [7, 11) is 3.08. The molecule has 0 saturated heterocycles. The number of nitrogens with zero attached hydrogens (tertiary/aromatic N) is 1. The molecule has 118 valence electrons. The number of aliphatic hydroxyl groups is 1. The molecule has 0 radical (unpaired) electrons. The predicted molar refractivity (Wildman–Crippen MR) is 71.6 cm³/mol. The van der Waals surface area contributed by atoms with E-state index in [1.165, 1.54) is 18.9 Å². The Kier molecular flexibility index (Phi) is 9.69. The smallest absolute Gasteiger partial charge is 0.328 e. The van der Waals surface area contributed by atoms with Crippen molar-refractivity contribution >= 4 is 12.0 Å². The summed E-state index contributed by atoms with van der Waals surface area (Å²) in [6, 6.07) is -1.89. The third-order valence-electron chi connectivity index (χ3n) is 2.66. The Morgan fingerprint density at radius 2 is 1.80 bits per heavy atom. The van der Waals surface area contributed by atoms with Gasteiger partial charge in [-0.1, -0.05) is 0 Å². The van der Waals surface area contributed by atoms with Crippen molar-refractivity contribution in [2.45, 2.75) is 25.5 Å². The molecule has 2 atom stereocenters. The van der Waals surface area contributed by atoms with Gasteiger partial charge in [0, 0.05) is 33.9 Å². The van der Waals surface area contributed by atoms with E-state index in [4.69, 9.17) is 14.6 Å². The van der Waals surface area contributed by atoms with Gasteiger partial charge in [-0.15, -0.1) is 0 Å². The third-order valence-corrected chi connectivity index (χ3v) is 2.66. The Balaban J connectivity index is 4.53. The Morgan fingerprint density at radius 3 is 2.25 bits per heavy atom. The van der Waals surface area contributed by atoms with Crippen molar-refractivity contribution in [3.63, 3.8) is 0 Å². The summed E-state index contributed by atoms with van der Waals surface area (Å²) in [5.41, 5.74) is 0. The van der Waals surface area contributed by atoms with Crippen molar-refractivity contribution < 1.29 is 29.3 Å². The molecule has 0 aromatic heterocycles. The Hall–Kier alpha value is -1.38. The highest BCUT2D eigenvalue weighted by molar-refractivity contribution is 5.83. The number of hydrogen-bond donors (Lipinski definition) is 3. The van der Waals surface area contributed by atoms with Crippen molar-refractivity contribution in [2.24, 2.45) is 0 Å². The SMILES string of the molecule is COCCCN(CCOC)C(=O)N[C@H](C(=O)O)[C@@H](C)O. The van der Waals surface area contributed by atoms with E-state index < -0.39 is 24.1 Å². The van der Waals surface area contributed by atoms with Crippen LogP contribution in [0.15, 0.2) is 0 Å². The van der Waals surface area contributed by atoms with Crippen molar-refractivity contribution in [2.75, 3.05) is 40.5 Å². The Bertz CT molecular complexity index is 298. The molecule has 0 heterocycles. The van der Waals surface area contributed by atoms with Gasteiger partial charge >= 0.3 is 12.0 Å². The van der Waals surface area contributed by atoms with Crippen molar-refractivity contribution in [1.82, 2.24) is 10.2 Å². The topological polar surface area (TPSA) is 108 Å². The van der Waals surface area contributed by atoms with E-state index in [0.717, 1.165) is 0 Å². The van der Waals surface area contributed by atoms with E-state index in [2.05, 4.69) is 5.32 Å². The molecule has 0 rings (SSSR count). The van der Waals surface area contributed by atoms with Crippen LogP contribution in [0.4, 0.5) is 4.79 Å². The van der Waals surface area contributed by atoms with Crippen LogP contribution in [0.25, 0.3) is 0 Å². The first-order chi connectivity index (χ1) is 9.43. The van der Waals surface area contributed by atoms with Crippen LogP contribution in [0, 0.1) is 0 Å². The van der Waals surface area contributed by atoms with Crippen LogP contribution < -0.4 is 5.32 Å². The number of carboxylic acids is 1. The molecule has 0 fully saturated rings. The minimum Gasteiger partial charge on any atom is -0.480 e. The van der Waals surface area contributed by atoms with Crippen LogP contribution in [0.1, 0.15) is 13.3 Å². The number of carboxylic acid groups (broad SMARTS) is 1. The maximum atomic E-state index is 12.0. The van der Waals surface area contributed by atoms with Gasteiger partial charge in [-0.3, -0.25) is 0 Å². The van der Waals surface area contributed by atoms with Crippen LogP contribution in [-0.2, 0) is 14.3 Å². The van der Waals surface area contributed by atoms with Crippen LogP contribution >= 0.6 is 0 Å². The largest absolute Gasteiger partial charge is 0.480 e. The number of aliphatic carboxylic acids is 1. The van der Waals surface area contributed by atoms with E-state index in [-0.39, 0.29) is 0 Å². The number of carbonyl (C=O) groups excluding carboxylic acids is 1. The molecule has 20 heavy (non-hydrogen) atoms. The van der Waals surface area contributed by atoms with Gasteiger partial charge in [0.05, 0.1) is 12.7 Å². The maximum absolute atomic E-state index is 12.0. The van der Waals surface area contributed by atoms with E-state index in [1.54, 1.807) is 7.11 Å². The van der Waals surface area contributed by atoms with Gasteiger partial charge < -0.3 is 29.9 Å². The van der Waals surface area contributed by atoms with Gasteiger partial charge in [-0.05, 0) is 13.3 Å². The number of nitrogens with one attached hydrogen (secondary N) is 1. The van der Waals surface area contributed by atoms with E-state index >= 15 is 0 Å². The number of urea groups is 1. The Labute approximate surface area is 118 Å². The fourth-order valence-electron chi connectivity index (χ4n) is 1.53. The fourth-order valence-corrected chi connectivity index (χ4v) is 1.53. The maximum Gasteiger partial charge on any atom is 0.328 e. The fraction of sp³-hybridized carbons (Fsp3) is 0.833. The van der Waals surface area contributed by atoms with Gasteiger partial charge in [0.1, 0.15) is 0 Å². The lowest BCUT2D eigenvalue weighted by atomic mass is 10.2. The molecule has 0 spiro atoms. The second kappa shape index (κ2) is 10.4. The molecule has 0 aromatic rings. The first kappa shape index (κ1) is 18.6. The first-order valence-corrected chi connectivity index (χ1v) is 6.38. The van der Waals surface area contributed by atoms with E-state index in [9.17, 15) is 14.7 Å². The van der Waals surface area contributed by atoms with Gasteiger partial charge in [0.25, 0.3) is 0 Å². The second-order valence-electron chi connectivity index (χ2n) is 4.33. The lowest BCUT2D eigenvalue weighted by molar-refractivity contribution is -0.141. The normalized spacial score (nSPS) is 13.6. The van der Waals surface area contributed by atoms with Gasteiger partial charge in [-0.25, -0.2) is 9.59 Å². The summed E-state index contributed by atoms with van der Waals surface area (Å²) >= 11 is 0. The van der Waals surface area contributed by atoms with Crippen LogP contribution in [0.3, 0.4) is 0 Å². The summed E-state index contributed by atoms with van der Waals surface area (Å²) < 4.78 is 9.82. The zero-order valence-corrected chi connectivity index (χ0v) is 12.2. The molecule has 0 aliphatic heterocycles. The molecule has 0 aromatic carbocycles. The molecule has 0 unspecified atom stereocenters. The standard InChI is InChI=1S/C12H24N2O6/c1-9(15)10(11(16)17)13-12(18)14(6-8-20-3)5-4-7-19-2/h9-10,15H,4-8H2,1-3H3,(H,13,18)(H,16,17)/t9-,10+/m1/s1. The number of carbonyl (C=O) groups is 2. The van der Waals surface area contributed by atoms with Crippen molar-refractivity contribution in [3.8, 4) is 0 Å². The summed E-state index contributed by atoms with van der Waals surface area (Å²) in [5, 5.41) is 20.6. The van der Waals surface area contributed by atoms with Crippen LogP contribution in [0.5, 0.6) is 0 Å². The lowest BCUT2D eigenvalue weighted by Gasteiger charge is -2.25.